The molecule has 0 saturated carbocycles. The van der Waals surface area contributed by atoms with E-state index >= 15 is 0 Å². The Morgan fingerprint density at radius 1 is 1.47 bits per heavy atom. The van der Waals surface area contributed by atoms with Crippen molar-refractivity contribution in [3.63, 3.8) is 0 Å². The first-order valence-electron chi connectivity index (χ1n) is 6.05. The van der Waals surface area contributed by atoms with Gasteiger partial charge in [-0.2, -0.15) is 0 Å². The van der Waals surface area contributed by atoms with Crippen molar-refractivity contribution in [2.45, 2.75) is 38.8 Å². The van der Waals surface area contributed by atoms with E-state index in [9.17, 15) is 9.59 Å². The first-order chi connectivity index (χ1) is 8.79. The van der Waals surface area contributed by atoms with Crippen LogP contribution in [-0.4, -0.2) is 28.6 Å². The third kappa shape index (κ3) is 2.67. The van der Waals surface area contributed by atoms with Crippen molar-refractivity contribution >= 4 is 17.8 Å². The Morgan fingerprint density at radius 3 is 2.74 bits per heavy atom. The summed E-state index contributed by atoms with van der Waals surface area (Å²) in [6.07, 6.45) is 1.34. The second-order valence-electron chi connectivity index (χ2n) is 5.46. The Morgan fingerprint density at radius 2 is 2.16 bits per heavy atom. The first kappa shape index (κ1) is 13.3. The van der Waals surface area contributed by atoms with Gasteiger partial charge < -0.3 is 10.5 Å². The van der Waals surface area contributed by atoms with Gasteiger partial charge in [0.15, 0.2) is 0 Å². The summed E-state index contributed by atoms with van der Waals surface area (Å²) in [5, 5.41) is 0. The molecule has 0 fully saturated rings. The molecule has 1 aromatic rings. The van der Waals surface area contributed by atoms with Gasteiger partial charge in [-0.25, -0.2) is 14.7 Å². The zero-order valence-corrected chi connectivity index (χ0v) is 11.2. The third-order valence-corrected chi connectivity index (χ3v) is 2.74. The van der Waals surface area contributed by atoms with Gasteiger partial charge in [-0.3, -0.25) is 4.79 Å². The van der Waals surface area contributed by atoms with Gasteiger partial charge in [0, 0.05) is 12.6 Å². The van der Waals surface area contributed by atoms with E-state index in [0.29, 0.717) is 12.2 Å². The molecule has 1 atom stereocenters. The molecule has 0 aliphatic carbocycles. The van der Waals surface area contributed by atoms with Gasteiger partial charge in [-0.15, -0.1) is 0 Å². The minimum Gasteiger partial charge on any atom is -0.443 e. The van der Waals surface area contributed by atoms with Crippen molar-refractivity contribution in [3.05, 3.63) is 23.9 Å². The van der Waals surface area contributed by atoms with Crippen LogP contribution in [0.1, 0.15) is 26.3 Å². The quantitative estimate of drug-likeness (QED) is 0.825. The third-order valence-electron chi connectivity index (χ3n) is 2.74. The Hall–Kier alpha value is -2.11. The molecule has 0 saturated heterocycles. The largest absolute Gasteiger partial charge is 0.443 e. The molecule has 6 nitrogen and oxygen atoms in total. The van der Waals surface area contributed by atoms with Crippen molar-refractivity contribution < 1.29 is 14.3 Å². The standard InChI is InChI=1S/C13H17N3O3/c1-13(2,3)19-12(18)16-9(10(14)17)7-8-5-4-6-15-11(8)16/h4-6,9H,7H2,1-3H3,(H2,14,17)/t9-/m1/s1. The summed E-state index contributed by atoms with van der Waals surface area (Å²) in [5.41, 5.74) is 5.53. The lowest BCUT2D eigenvalue weighted by atomic mass is 10.1. The lowest BCUT2D eigenvalue weighted by Gasteiger charge is -2.27. The molecule has 2 heterocycles. The number of nitrogens with zero attached hydrogens (tertiary/aromatic N) is 2. The number of rotatable bonds is 1. The van der Waals surface area contributed by atoms with Crippen LogP contribution in [0.25, 0.3) is 0 Å². The van der Waals surface area contributed by atoms with Crippen LogP contribution in [0.5, 0.6) is 0 Å². The molecule has 1 aromatic heterocycles. The number of anilines is 1. The highest BCUT2D eigenvalue weighted by molar-refractivity contribution is 5.99. The highest BCUT2D eigenvalue weighted by Crippen LogP contribution is 2.31. The number of amides is 2. The molecular formula is C13H17N3O3. The van der Waals surface area contributed by atoms with Crippen LogP contribution < -0.4 is 10.6 Å². The second kappa shape index (κ2) is 4.53. The molecule has 19 heavy (non-hydrogen) atoms. The number of hydrogen-bond acceptors (Lipinski definition) is 4. The van der Waals surface area contributed by atoms with E-state index in [1.54, 1.807) is 33.0 Å². The number of primary amides is 1. The van der Waals surface area contributed by atoms with Crippen LogP contribution in [0, 0.1) is 0 Å². The van der Waals surface area contributed by atoms with Gasteiger partial charge in [-0.1, -0.05) is 6.07 Å². The summed E-state index contributed by atoms with van der Waals surface area (Å²) in [6.45, 7) is 5.29. The fourth-order valence-electron chi connectivity index (χ4n) is 2.01. The van der Waals surface area contributed by atoms with E-state index in [2.05, 4.69) is 4.98 Å². The van der Waals surface area contributed by atoms with Crippen molar-refractivity contribution in [1.29, 1.82) is 0 Å². The van der Waals surface area contributed by atoms with E-state index in [1.807, 2.05) is 6.07 Å². The molecule has 102 valence electrons. The molecule has 2 rings (SSSR count). The zero-order chi connectivity index (χ0) is 14.2. The number of fused-ring (bicyclic) bond motifs is 1. The Bertz CT molecular complexity index is 522. The lowest BCUT2D eigenvalue weighted by molar-refractivity contribution is -0.119. The van der Waals surface area contributed by atoms with E-state index in [1.165, 1.54) is 4.90 Å². The number of ether oxygens (including phenoxy) is 1. The fraction of sp³-hybridized carbons (Fsp3) is 0.462. The maximum Gasteiger partial charge on any atom is 0.416 e. The normalized spacial score (nSPS) is 18.1. The highest BCUT2D eigenvalue weighted by Gasteiger charge is 2.40. The molecule has 0 aromatic carbocycles. The molecule has 0 radical (unpaired) electrons. The van der Waals surface area contributed by atoms with Crippen LogP contribution in [0.4, 0.5) is 10.6 Å². The SMILES string of the molecule is CC(C)(C)OC(=O)N1c2ncccc2C[C@@H]1C(N)=O. The van der Waals surface area contributed by atoms with Crippen molar-refractivity contribution in [3.8, 4) is 0 Å². The van der Waals surface area contributed by atoms with E-state index < -0.39 is 23.6 Å². The van der Waals surface area contributed by atoms with Crippen LogP contribution in [0.2, 0.25) is 0 Å². The number of pyridine rings is 1. The predicted octanol–water partition coefficient (Wildman–Crippen LogP) is 1.23. The van der Waals surface area contributed by atoms with E-state index in [0.717, 1.165) is 5.56 Å². The van der Waals surface area contributed by atoms with E-state index in [4.69, 9.17) is 10.5 Å². The predicted molar refractivity (Wildman–Crippen MR) is 69.6 cm³/mol. The molecule has 2 amide bonds. The van der Waals surface area contributed by atoms with Gasteiger partial charge in [0.25, 0.3) is 0 Å². The maximum atomic E-state index is 12.2. The molecule has 6 heteroatoms. The fourth-order valence-corrected chi connectivity index (χ4v) is 2.01. The lowest BCUT2D eigenvalue weighted by Crippen LogP contribution is -2.48. The monoisotopic (exact) mass is 263 g/mol. The summed E-state index contributed by atoms with van der Waals surface area (Å²) in [5.74, 6) is -0.121. The maximum absolute atomic E-state index is 12.2. The molecule has 1 aliphatic rings. The summed E-state index contributed by atoms with van der Waals surface area (Å²) in [6, 6.07) is 2.85. The summed E-state index contributed by atoms with van der Waals surface area (Å²) in [4.78, 5) is 29.1. The number of nitrogens with two attached hydrogens (primary N) is 1. The van der Waals surface area contributed by atoms with Gasteiger partial charge in [0.1, 0.15) is 17.5 Å². The van der Waals surface area contributed by atoms with Crippen molar-refractivity contribution in [2.75, 3.05) is 4.90 Å². The van der Waals surface area contributed by atoms with Crippen LogP contribution in [0.15, 0.2) is 18.3 Å². The zero-order valence-electron chi connectivity index (χ0n) is 11.2. The van der Waals surface area contributed by atoms with Gasteiger partial charge in [0.2, 0.25) is 5.91 Å². The number of aromatic nitrogens is 1. The molecular weight excluding hydrogens is 246 g/mol. The van der Waals surface area contributed by atoms with Gasteiger partial charge >= 0.3 is 6.09 Å². The Kier molecular flexibility index (Phi) is 3.18. The average molecular weight is 263 g/mol. The van der Waals surface area contributed by atoms with E-state index in [-0.39, 0.29) is 0 Å². The molecule has 0 bridgehead atoms. The average Bonchev–Trinajstić information content (AvgIpc) is 2.65. The summed E-state index contributed by atoms with van der Waals surface area (Å²) < 4.78 is 5.30. The van der Waals surface area contributed by atoms with Gasteiger partial charge in [-0.05, 0) is 32.4 Å². The topological polar surface area (TPSA) is 85.5 Å². The van der Waals surface area contributed by atoms with Crippen LogP contribution in [-0.2, 0) is 16.0 Å². The van der Waals surface area contributed by atoms with Crippen molar-refractivity contribution in [1.82, 2.24) is 4.98 Å². The number of hydrogen-bond donors (Lipinski definition) is 1. The minimum atomic E-state index is -0.736. The molecule has 0 spiro atoms. The number of carbonyl (C=O) groups is 2. The van der Waals surface area contributed by atoms with Crippen LogP contribution in [0.3, 0.4) is 0 Å². The summed E-state index contributed by atoms with van der Waals surface area (Å²) in [7, 11) is 0. The number of carbonyl (C=O) groups excluding carboxylic acids is 2. The second-order valence-corrected chi connectivity index (χ2v) is 5.46. The Balaban J connectivity index is 2.34. The van der Waals surface area contributed by atoms with Crippen LogP contribution >= 0.6 is 0 Å². The Labute approximate surface area is 111 Å². The molecule has 1 aliphatic heterocycles. The molecule has 0 unspecified atom stereocenters. The van der Waals surface area contributed by atoms with Gasteiger partial charge in [0.05, 0.1) is 0 Å². The highest BCUT2D eigenvalue weighted by atomic mass is 16.6. The minimum absolute atomic E-state index is 0.373. The van der Waals surface area contributed by atoms with Crippen molar-refractivity contribution in [2.24, 2.45) is 5.73 Å². The smallest absolute Gasteiger partial charge is 0.416 e. The molecule has 2 N–H and O–H groups in total. The first-order valence-corrected chi connectivity index (χ1v) is 6.05. The summed E-state index contributed by atoms with van der Waals surface area (Å²) >= 11 is 0.